The first-order chi connectivity index (χ1) is 16.2. The van der Waals surface area contributed by atoms with Crippen molar-refractivity contribution in [3.05, 3.63) is 59.7 Å². The van der Waals surface area contributed by atoms with Gasteiger partial charge in [-0.2, -0.15) is 0 Å². The Bertz CT molecular complexity index is 1050. The fraction of sp³-hybridized carbons (Fsp3) is 0.423. The summed E-state index contributed by atoms with van der Waals surface area (Å²) in [5.41, 5.74) is 3.80. The number of alkyl carbamates (subject to hydrolysis) is 1. The molecule has 180 valence electrons. The highest BCUT2D eigenvalue weighted by Gasteiger charge is 2.40. The van der Waals surface area contributed by atoms with Crippen LogP contribution in [0.5, 0.6) is 0 Å². The molecule has 2 aromatic rings. The van der Waals surface area contributed by atoms with Gasteiger partial charge in [0.15, 0.2) is 0 Å². The number of likely N-dealkylation sites (tertiary alicyclic amines) is 1. The maximum atomic E-state index is 13.0. The van der Waals surface area contributed by atoms with Gasteiger partial charge in [-0.1, -0.05) is 48.5 Å². The van der Waals surface area contributed by atoms with Crippen LogP contribution in [0.15, 0.2) is 48.5 Å². The quantitative estimate of drug-likeness (QED) is 0.619. The number of carbonyl (C=O) groups excluding carboxylic acids is 2. The summed E-state index contributed by atoms with van der Waals surface area (Å²) >= 11 is 0. The number of benzene rings is 2. The van der Waals surface area contributed by atoms with Gasteiger partial charge in [0.1, 0.15) is 12.6 Å². The molecule has 1 unspecified atom stereocenters. The van der Waals surface area contributed by atoms with Crippen molar-refractivity contribution in [1.82, 2.24) is 10.2 Å². The maximum absolute atomic E-state index is 13.0. The minimum absolute atomic E-state index is 0.0885. The van der Waals surface area contributed by atoms with E-state index in [2.05, 4.69) is 17.4 Å². The highest BCUT2D eigenvalue weighted by molar-refractivity contribution is 5.88. The van der Waals surface area contributed by atoms with Crippen LogP contribution in [0.25, 0.3) is 11.1 Å². The number of amides is 2. The lowest BCUT2D eigenvalue weighted by Gasteiger charge is -2.40. The molecule has 1 fully saturated rings. The Kier molecular flexibility index (Phi) is 6.61. The molecule has 1 saturated heterocycles. The molecular weight excluding hydrogens is 436 g/mol. The standard InChI is InChI=1S/C26H30N2O6/c1-26(2,33-3)12-22(23(29)28-13-16(14-28)24(30)31)27-25(32)34-15-21-19-10-6-4-8-17(19)18-9-5-7-11-20(18)21/h4-11,16,21-22H,12-15H2,1-3H3,(H,27,32)(H,30,31). The van der Waals surface area contributed by atoms with Crippen molar-refractivity contribution in [3.63, 3.8) is 0 Å². The monoisotopic (exact) mass is 466 g/mol. The van der Waals surface area contributed by atoms with Crippen LogP contribution in [0.1, 0.15) is 37.3 Å². The van der Waals surface area contributed by atoms with Crippen molar-refractivity contribution in [1.29, 1.82) is 0 Å². The van der Waals surface area contributed by atoms with Crippen LogP contribution in [0, 0.1) is 5.92 Å². The fourth-order valence-corrected chi connectivity index (χ4v) is 4.59. The number of carboxylic acid groups (broad SMARTS) is 1. The van der Waals surface area contributed by atoms with Crippen molar-refractivity contribution < 1.29 is 29.0 Å². The topological polar surface area (TPSA) is 105 Å². The van der Waals surface area contributed by atoms with Gasteiger partial charge in [-0.15, -0.1) is 0 Å². The summed E-state index contributed by atoms with van der Waals surface area (Å²) in [6.45, 7) is 4.04. The summed E-state index contributed by atoms with van der Waals surface area (Å²) in [4.78, 5) is 38.3. The van der Waals surface area contributed by atoms with E-state index in [4.69, 9.17) is 14.6 Å². The van der Waals surface area contributed by atoms with E-state index in [1.807, 2.05) is 50.2 Å². The Morgan fingerprint density at radius 2 is 1.62 bits per heavy atom. The third-order valence-corrected chi connectivity index (χ3v) is 6.72. The van der Waals surface area contributed by atoms with Gasteiger partial charge in [-0.3, -0.25) is 9.59 Å². The average molecular weight is 467 g/mol. The number of nitrogens with one attached hydrogen (secondary N) is 1. The zero-order valence-corrected chi connectivity index (χ0v) is 19.6. The smallest absolute Gasteiger partial charge is 0.407 e. The molecule has 0 spiro atoms. The molecule has 2 aromatic carbocycles. The van der Waals surface area contributed by atoms with Gasteiger partial charge in [0.05, 0.1) is 11.5 Å². The van der Waals surface area contributed by atoms with E-state index in [1.54, 1.807) is 7.11 Å². The summed E-state index contributed by atoms with van der Waals surface area (Å²) < 4.78 is 11.1. The number of ether oxygens (including phenoxy) is 2. The van der Waals surface area contributed by atoms with Crippen LogP contribution in [0.4, 0.5) is 4.79 Å². The summed E-state index contributed by atoms with van der Waals surface area (Å²) in [7, 11) is 1.54. The molecule has 0 saturated carbocycles. The van der Waals surface area contributed by atoms with E-state index in [-0.39, 0.29) is 37.9 Å². The van der Waals surface area contributed by atoms with Crippen LogP contribution in [-0.4, -0.2) is 66.4 Å². The normalized spacial score (nSPS) is 16.3. The molecule has 1 aliphatic carbocycles. The van der Waals surface area contributed by atoms with E-state index in [9.17, 15) is 14.4 Å². The Morgan fingerprint density at radius 3 is 2.15 bits per heavy atom. The van der Waals surface area contributed by atoms with E-state index >= 15 is 0 Å². The largest absolute Gasteiger partial charge is 0.481 e. The zero-order chi connectivity index (χ0) is 24.5. The number of hydrogen-bond acceptors (Lipinski definition) is 5. The summed E-state index contributed by atoms with van der Waals surface area (Å²) in [5, 5.41) is 11.8. The van der Waals surface area contributed by atoms with E-state index in [1.165, 1.54) is 4.90 Å². The average Bonchev–Trinajstić information content (AvgIpc) is 3.09. The minimum Gasteiger partial charge on any atom is -0.481 e. The molecule has 0 radical (unpaired) electrons. The number of nitrogens with zero attached hydrogens (tertiary/aromatic N) is 1. The second kappa shape index (κ2) is 9.46. The summed E-state index contributed by atoms with van der Waals surface area (Å²) in [6.07, 6.45) is -0.469. The van der Waals surface area contributed by atoms with Crippen LogP contribution in [-0.2, 0) is 19.1 Å². The first kappa shape index (κ1) is 23.8. The Labute approximate surface area is 198 Å². The Balaban J connectivity index is 1.43. The predicted octanol–water partition coefficient (Wildman–Crippen LogP) is 3.25. The number of aliphatic carboxylic acids is 1. The summed E-state index contributed by atoms with van der Waals surface area (Å²) in [5.74, 6) is -1.93. The molecule has 34 heavy (non-hydrogen) atoms. The lowest BCUT2D eigenvalue weighted by Crippen LogP contribution is -2.59. The Hall–Kier alpha value is -3.39. The van der Waals surface area contributed by atoms with Crippen LogP contribution in [0.3, 0.4) is 0 Å². The minimum atomic E-state index is -0.928. The van der Waals surface area contributed by atoms with Gasteiger partial charge in [0.25, 0.3) is 0 Å². The van der Waals surface area contributed by atoms with Crippen LogP contribution < -0.4 is 5.32 Å². The molecule has 0 bridgehead atoms. The Morgan fingerprint density at radius 1 is 1.06 bits per heavy atom. The second-order valence-corrected chi connectivity index (χ2v) is 9.47. The van der Waals surface area contributed by atoms with Gasteiger partial charge in [-0.25, -0.2) is 4.79 Å². The van der Waals surface area contributed by atoms with Crippen LogP contribution >= 0.6 is 0 Å². The van der Waals surface area contributed by atoms with Crippen molar-refractivity contribution in [2.75, 3.05) is 26.8 Å². The predicted molar refractivity (Wildman–Crippen MR) is 125 cm³/mol. The van der Waals surface area contributed by atoms with Crippen LogP contribution in [0.2, 0.25) is 0 Å². The highest BCUT2D eigenvalue weighted by atomic mass is 16.5. The molecule has 8 nitrogen and oxygen atoms in total. The number of fused-ring (bicyclic) bond motifs is 3. The molecule has 2 N–H and O–H groups in total. The van der Waals surface area contributed by atoms with Gasteiger partial charge >= 0.3 is 12.1 Å². The molecule has 2 aliphatic rings. The van der Waals surface area contributed by atoms with Gasteiger partial charge < -0.3 is 24.8 Å². The molecule has 2 amide bonds. The lowest BCUT2D eigenvalue weighted by atomic mass is 9.94. The molecule has 8 heteroatoms. The number of methoxy groups -OCH3 is 1. The van der Waals surface area contributed by atoms with Gasteiger partial charge in [-0.05, 0) is 36.1 Å². The molecular formula is C26H30N2O6. The molecule has 0 aromatic heterocycles. The second-order valence-electron chi connectivity index (χ2n) is 9.47. The van der Waals surface area contributed by atoms with Crippen molar-refractivity contribution in [3.8, 4) is 11.1 Å². The van der Waals surface area contributed by atoms with Crippen molar-refractivity contribution in [2.45, 2.75) is 37.8 Å². The van der Waals surface area contributed by atoms with Crippen molar-refractivity contribution in [2.24, 2.45) is 5.92 Å². The number of rotatable bonds is 8. The van der Waals surface area contributed by atoms with Gasteiger partial charge in [0.2, 0.25) is 5.91 Å². The van der Waals surface area contributed by atoms with E-state index in [0.29, 0.717) is 0 Å². The first-order valence-corrected chi connectivity index (χ1v) is 11.4. The van der Waals surface area contributed by atoms with E-state index in [0.717, 1.165) is 22.3 Å². The number of hydrogen-bond donors (Lipinski definition) is 2. The van der Waals surface area contributed by atoms with Crippen molar-refractivity contribution >= 4 is 18.0 Å². The lowest BCUT2D eigenvalue weighted by molar-refractivity contribution is -0.154. The number of carboxylic acids is 1. The SMILES string of the molecule is COC(C)(C)CC(NC(=O)OCC1c2ccccc2-c2ccccc21)C(=O)N1CC(C(=O)O)C1. The summed E-state index contributed by atoms with van der Waals surface area (Å²) in [6, 6.07) is 15.2. The molecule has 1 aliphatic heterocycles. The zero-order valence-electron chi connectivity index (χ0n) is 19.6. The van der Waals surface area contributed by atoms with E-state index < -0.39 is 29.6 Å². The molecule has 4 rings (SSSR count). The third kappa shape index (κ3) is 4.77. The highest BCUT2D eigenvalue weighted by Crippen LogP contribution is 2.44. The molecule has 1 atom stereocenters. The van der Waals surface area contributed by atoms with Gasteiger partial charge in [0, 0.05) is 32.5 Å². The first-order valence-electron chi connectivity index (χ1n) is 11.4. The molecule has 1 heterocycles. The third-order valence-electron chi connectivity index (χ3n) is 6.72. The number of carbonyl (C=O) groups is 3. The maximum Gasteiger partial charge on any atom is 0.407 e. The fourth-order valence-electron chi connectivity index (χ4n) is 4.59.